The van der Waals surface area contributed by atoms with Crippen molar-refractivity contribution in [3.8, 4) is 5.75 Å². The molecule has 104 valence electrons. The topological polar surface area (TPSA) is 80.7 Å². The third-order valence-electron chi connectivity index (χ3n) is 2.33. The number of phenolic OH excluding ortho intramolecular Hbond substituents is 1. The number of rotatable bonds is 6. The number of thiol groups is 1. The summed E-state index contributed by atoms with van der Waals surface area (Å²) < 4.78 is 26.5. The molecule has 1 aromatic carbocycles. The number of benzene rings is 1. The SMILES string of the molecule is CCCC(OC(=O)/C=C/c1ccc(O)cc1)[SH](=O)=O. The molecule has 0 saturated carbocycles. The Morgan fingerprint density at radius 1 is 1.37 bits per heavy atom. The van der Waals surface area contributed by atoms with Crippen molar-refractivity contribution in [2.24, 2.45) is 0 Å². The van der Waals surface area contributed by atoms with E-state index in [9.17, 15) is 13.2 Å². The van der Waals surface area contributed by atoms with Gasteiger partial charge >= 0.3 is 5.97 Å². The summed E-state index contributed by atoms with van der Waals surface area (Å²) in [7, 11) is -2.78. The molecular formula is C13H16O5S. The lowest BCUT2D eigenvalue weighted by atomic mass is 10.2. The number of carbonyl (C=O) groups is 1. The van der Waals surface area contributed by atoms with Gasteiger partial charge in [-0.05, 0) is 30.2 Å². The average Bonchev–Trinajstić information content (AvgIpc) is 2.37. The van der Waals surface area contributed by atoms with Gasteiger partial charge in [0.1, 0.15) is 5.75 Å². The predicted octanol–water partition coefficient (Wildman–Crippen LogP) is 1.69. The smallest absolute Gasteiger partial charge is 0.332 e. The summed E-state index contributed by atoms with van der Waals surface area (Å²) in [5, 5.41) is 9.09. The molecule has 1 atom stereocenters. The molecule has 0 heterocycles. The van der Waals surface area contributed by atoms with Crippen molar-refractivity contribution >= 4 is 22.7 Å². The molecule has 0 fully saturated rings. The molecule has 1 aromatic rings. The number of hydrogen-bond acceptors (Lipinski definition) is 5. The molecule has 0 amide bonds. The van der Waals surface area contributed by atoms with Crippen LogP contribution >= 0.6 is 0 Å². The van der Waals surface area contributed by atoms with E-state index in [1.165, 1.54) is 18.2 Å². The second kappa shape index (κ2) is 7.58. The van der Waals surface area contributed by atoms with Crippen LogP contribution in [0, 0.1) is 0 Å². The van der Waals surface area contributed by atoms with Gasteiger partial charge in [-0.25, -0.2) is 13.2 Å². The lowest BCUT2D eigenvalue weighted by molar-refractivity contribution is -0.139. The van der Waals surface area contributed by atoms with Crippen molar-refractivity contribution in [3.05, 3.63) is 35.9 Å². The lowest BCUT2D eigenvalue weighted by Crippen LogP contribution is -2.18. The van der Waals surface area contributed by atoms with E-state index in [-0.39, 0.29) is 12.2 Å². The van der Waals surface area contributed by atoms with Crippen LogP contribution in [0.25, 0.3) is 6.08 Å². The molecule has 0 spiro atoms. The minimum absolute atomic E-state index is 0.131. The first-order chi connectivity index (χ1) is 9.02. The van der Waals surface area contributed by atoms with Gasteiger partial charge in [0.15, 0.2) is 16.1 Å². The van der Waals surface area contributed by atoms with Crippen LogP contribution in [0.2, 0.25) is 0 Å². The van der Waals surface area contributed by atoms with E-state index in [1.807, 2.05) is 6.92 Å². The Kier molecular flexibility index (Phi) is 6.08. The lowest BCUT2D eigenvalue weighted by Gasteiger charge is -2.08. The maximum atomic E-state index is 11.4. The Bertz CT molecular complexity index is 508. The number of carbonyl (C=O) groups excluding carboxylic acids is 1. The van der Waals surface area contributed by atoms with Crippen molar-refractivity contribution in [1.82, 2.24) is 0 Å². The molecule has 0 aliphatic carbocycles. The highest BCUT2D eigenvalue weighted by Crippen LogP contribution is 2.11. The summed E-state index contributed by atoms with van der Waals surface area (Å²) in [4.78, 5) is 11.4. The van der Waals surface area contributed by atoms with Gasteiger partial charge in [0.25, 0.3) is 0 Å². The van der Waals surface area contributed by atoms with E-state index in [1.54, 1.807) is 12.1 Å². The number of phenols is 1. The van der Waals surface area contributed by atoms with Crippen LogP contribution in [0.15, 0.2) is 30.3 Å². The standard InChI is InChI=1S/C13H16O5S/c1-2-3-13(19(16)17)18-12(15)9-6-10-4-7-11(14)8-5-10/h4-9,13-14,19H,2-3H2,1H3/b9-6+. The summed E-state index contributed by atoms with van der Waals surface area (Å²) >= 11 is 0. The van der Waals surface area contributed by atoms with Gasteiger partial charge in [0, 0.05) is 6.08 Å². The van der Waals surface area contributed by atoms with E-state index in [4.69, 9.17) is 9.84 Å². The average molecular weight is 284 g/mol. The molecule has 0 aliphatic rings. The highest BCUT2D eigenvalue weighted by Gasteiger charge is 2.14. The highest BCUT2D eigenvalue weighted by molar-refractivity contribution is 7.73. The van der Waals surface area contributed by atoms with E-state index in [0.29, 0.717) is 12.0 Å². The molecule has 0 aromatic heterocycles. The minimum Gasteiger partial charge on any atom is -0.508 e. The predicted molar refractivity (Wildman–Crippen MR) is 72.2 cm³/mol. The van der Waals surface area contributed by atoms with Crippen molar-refractivity contribution in [2.45, 2.75) is 25.2 Å². The third-order valence-corrected chi connectivity index (χ3v) is 3.16. The van der Waals surface area contributed by atoms with Gasteiger partial charge in [-0.3, -0.25) is 0 Å². The second-order valence-corrected chi connectivity index (χ2v) is 5.04. The van der Waals surface area contributed by atoms with Crippen molar-refractivity contribution in [3.63, 3.8) is 0 Å². The summed E-state index contributed by atoms with van der Waals surface area (Å²) in [6, 6.07) is 6.21. The minimum atomic E-state index is -2.78. The van der Waals surface area contributed by atoms with E-state index in [0.717, 1.165) is 6.08 Å². The van der Waals surface area contributed by atoms with E-state index in [2.05, 4.69) is 0 Å². The molecule has 0 saturated heterocycles. The maximum Gasteiger partial charge on any atom is 0.332 e. The van der Waals surface area contributed by atoms with Crippen molar-refractivity contribution in [2.75, 3.05) is 0 Å². The molecule has 1 unspecified atom stereocenters. The normalized spacial score (nSPS) is 12.7. The van der Waals surface area contributed by atoms with E-state index < -0.39 is 22.1 Å². The maximum absolute atomic E-state index is 11.4. The molecule has 1 rings (SSSR count). The van der Waals surface area contributed by atoms with Crippen LogP contribution in [-0.4, -0.2) is 24.9 Å². The first-order valence-corrected chi connectivity index (χ1v) is 7.09. The van der Waals surface area contributed by atoms with Gasteiger partial charge in [-0.2, -0.15) is 0 Å². The molecule has 6 heteroatoms. The first kappa shape index (κ1) is 15.2. The van der Waals surface area contributed by atoms with Gasteiger partial charge in [-0.1, -0.05) is 25.5 Å². The van der Waals surface area contributed by atoms with Gasteiger partial charge in [0.05, 0.1) is 0 Å². The summed E-state index contributed by atoms with van der Waals surface area (Å²) in [5.74, 6) is -0.572. The summed E-state index contributed by atoms with van der Waals surface area (Å²) in [6.45, 7) is 1.81. The van der Waals surface area contributed by atoms with Gasteiger partial charge < -0.3 is 9.84 Å². The highest BCUT2D eigenvalue weighted by atomic mass is 32.2. The van der Waals surface area contributed by atoms with Crippen LogP contribution in [0.3, 0.4) is 0 Å². The molecule has 1 N–H and O–H groups in total. The fourth-order valence-corrected chi connectivity index (χ4v) is 2.04. The number of hydrogen-bond donors (Lipinski definition) is 2. The zero-order chi connectivity index (χ0) is 14.3. The Hall–Kier alpha value is -1.82. The first-order valence-electron chi connectivity index (χ1n) is 5.84. The molecule has 0 bridgehead atoms. The zero-order valence-corrected chi connectivity index (χ0v) is 11.4. The molecule has 19 heavy (non-hydrogen) atoms. The second-order valence-electron chi connectivity index (χ2n) is 3.89. The fourth-order valence-electron chi connectivity index (χ4n) is 1.38. The van der Waals surface area contributed by atoms with Crippen molar-refractivity contribution < 1.29 is 23.1 Å². The Balaban J connectivity index is 2.61. The van der Waals surface area contributed by atoms with Crippen LogP contribution < -0.4 is 0 Å². The van der Waals surface area contributed by atoms with Crippen LogP contribution in [0.4, 0.5) is 0 Å². The van der Waals surface area contributed by atoms with Gasteiger partial charge in [0.2, 0.25) is 0 Å². The Morgan fingerprint density at radius 3 is 2.53 bits per heavy atom. The Morgan fingerprint density at radius 2 is 2.00 bits per heavy atom. The molecule has 5 nitrogen and oxygen atoms in total. The fraction of sp³-hybridized carbons (Fsp3) is 0.308. The Labute approximate surface area is 113 Å². The van der Waals surface area contributed by atoms with E-state index >= 15 is 0 Å². The molecule has 0 aliphatic heterocycles. The quantitative estimate of drug-likeness (QED) is 0.472. The van der Waals surface area contributed by atoms with Crippen molar-refractivity contribution in [1.29, 1.82) is 0 Å². The number of ether oxygens (including phenoxy) is 1. The van der Waals surface area contributed by atoms with Crippen LogP contribution in [-0.2, 0) is 20.2 Å². The zero-order valence-electron chi connectivity index (χ0n) is 10.5. The summed E-state index contributed by atoms with van der Waals surface area (Å²) in [5.41, 5.74) is -0.370. The largest absolute Gasteiger partial charge is 0.508 e. The third kappa shape index (κ3) is 5.56. The summed E-state index contributed by atoms with van der Waals surface area (Å²) in [6.07, 6.45) is 3.55. The number of aromatic hydroxyl groups is 1. The monoisotopic (exact) mass is 284 g/mol. The molecule has 0 radical (unpaired) electrons. The molecular weight excluding hydrogens is 268 g/mol. The van der Waals surface area contributed by atoms with Crippen LogP contribution in [0.5, 0.6) is 5.75 Å². The van der Waals surface area contributed by atoms with Crippen LogP contribution in [0.1, 0.15) is 25.3 Å². The number of esters is 1. The van der Waals surface area contributed by atoms with Gasteiger partial charge in [-0.15, -0.1) is 0 Å².